The van der Waals surface area contributed by atoms with E-state index in [0.717, 1.165) is 23.7 Å². The van der Waals surface area contributed by atoms with E-state index in [4.69, 9.17) is 4.74 Å². The summed E-state index contributed by atoms with van der Waals surface area (Å²) in [6.45, 7) is 2.61. The second-order valence-corrected chi connectivity index (χ2v) is 8.28. The van der Waals surface area contributed by atoms with Crippen molar-refractivity contribution in [2.75, 3.05) is 32.5 Å². The topological polar surface area (TPSA) is 84.7 Å². The number of hydrogen-bond donors (Lipinski definition) is 1. The quantitative estimate of drug-likeness (QED) is 0.368. The van der Waals surface area contributed by atoms with Gasteiger partial charge < -0.3 is 10.1 Å². The number of carbonyl (C=O) groups is 1. The van der Waals surface area contributed by atoms with Crippen LogP contribution in [0.25, 0.3) is 0 Å². The number of carbonyl (C=O) groups excluding carboxylic acids is 1. The minimum absolute atomic E-state index is 0.0473. The molecular weight excluding hydrogens is 402 g/mol. The van der Waals surface area contributed by atoms with Crippen molar-refractivity contribution >= 4 is 23.4 Å². The van der Waals surface area contributed by atoms with Gasteiger partial charge in [-0.25, -0.2) is 0 Å². The Balaban J connectivity index is 1.57. The number of benzene rings is 2. The van der Waals surface area contributed by atoms with Crippen molar-refractivity contribution in [3.8, 4) is 5.75 Å². The predicted molar refractivity (Wildman–Crippen MR) is 118 cm³/mol. The Morgan fingerprint density at radius 3 is 2.40 bits per heavy atom. The number of nitro benzene ring substituents is 1. The normalized spacial score (nSPS) is 15.4. The third kappa shape index (κ3) is 6.21. The third-order valence-corrected chi connectivity index (χ3v) is 6.25. The molecule has 2 aromatic carbocycles. The highest BCUT2D eigenvalue weighted by atomic mass is 32.2. The minimum Gasteiger partial charge on any atom is -0.497 e. The standard InChI is InChI=1S/C22H27N3O4S/c1-29-19-9-5-17(6-10-19)21(24-13-3-2-4-14-24)15-23-22(26)16-30-20-11-7-18(8-12-20)25(27)28/h5-12,21H,2-4,13-16H2,1H3,(H,23,26)/t21-/m0/s1. The van der Waals surface area contributed by atoms with E-state index in [1.165, 1.54) is 48.7 Å². The zero-order valence-electron chi connectivity index (χ0n) is 17.1. The molecule has 0 unspecified atom stereocenters. The van der Waals surface area contributed by atoms with E-state index < -0.39 is 4.92 Å². The number of rotatable bonds is 9. The Bertz CT molecular complexity index is 836. The SMILES string of the molecule is COc1ccc([C@H](CNC(=O)CSc2ccc([N+](=O)[O-])cc2)N2CCCCC2)cc1. The first-order valence-electron chi connectivity index (χ1n) is 10.1. The number of nitrogens with zero attached hydrogens (tertiary/aromatic N) is 2. The van der Waals surface area contributed by atoms with E-state index in [1.807, 2.05) is 12.1 Å². The van der Waals surface area contributed by atoms with E-state index in [0.29, 0.717) is 6.54 Å². The largest absolute Gasteiger partial charge is 0.497 e. The van der Waals surface area contributed by atoms with Gasteiger partial charge in [-0.15, -0.1) is 11.8 Å². The first-order chi connectivity index (χ1) is 14.6. The lowest BCUT2D eigenvalue weighted by Crippen LogP contribution is -2.41. The van der Waals surface area contributed by atoms with E-state index in [9.17, 15) is 14.9 Å². The highest BCUT2D eigenvalue weighted by Gasteiger charge is 2.23. The summed E-state index contributed by atoms with van der Waals surface area (Å²) in [4.78, 5) is 26.0. The number of hydrogen-bond acceptors (Lipinski definition) is 6. The van der Waals surface area contributed by atoms with E-state index in [2.05, 4.69) is 22.3 Å². The molecule has 0 spiro atoms. The number of non-ortho nitro benzene ring substituents is 1. The van der Waals surface area contributed by atoms with Crippen molar-refractivity contribution in [3.63, 3.8) is 0 Å². The van der Waals surface area contributed by atoms with E-state index >= 15 is 0 Å². The van der Waals surface area contributed by atoms with Gasteiger partial charge in [0.25, 0.3) is 5.69 Å². The van der Waals surface area contributed by atoms with E-state index in [-0.39, 0.29) is 23.4 Å². The zero-order valence-corrected chi connectivity index (χ0v) is 17.9. The fourth-order valence-electron chi connectivity index (χ4n) is 3.59. The van der Waals surface area contributed by atoms with Gasteiger partial charge in [-0.3, -0.25) is 19.8 Å². The van der Waals surface area contributed by atoms with Gasteiger partial charge in [0.05, 0.1) is 23.8 Å². The number of piperidine rings is 1. The second-order valence-electron chi connectivity index (χ2n) is 7.23. The highest BCUT2D eigenvalue weighted by Crippen LogP contribution is 2.26. The summed E-state index contributed by atoms with van der Waals surface area (Å²) >= 11 is 1.37. The Labute approximate surface area is 180 Å². The molecule has 2 aromatic rings. The first kappa shape index (κ1) is 22.1. The maximum absolute atomic E-state index is 12.4. The van der Waals surface area contributed by atoms with Gasteiger partial charge >= 0.3 is 0 Å². The molecule has 7 nitrogen and oxygen atoms in total. The maximum atomic E-state index is 12.4. The van der Waals surface area contributed by atoms with Crippen LogP contribution in [-0.4, -0.2) is 48.2 Å². The Hall–Kier alpha value is -2.58. The van der Waals surface area contributed by atoms with Crippen LogP contribution in [0.2, 0.25) is 0 Å². The van der Waals surface area contributed by atoms with Crippen LogP contribution in [0.3, 0.4) is 0 Å². The van der Waals surface area contributed by atoms with Crippen LogP contribution < -0.4 is 10.1 Å². The summed E-state index contributed by atoms with van der Waals surface area (Å²) in [5.74, 6) is 1.04. The number of amides is 1. The van der Waals surface area contributed by atoms with Crippen molar-refractivity contribution in [3.05, 3.63) is 64.2 Å². The van der Waals surface area contributed by atoms with Crippen LogP contribution in [-0.2, 0) is 4.79 Å². The first-order valence-corrected chi connectivity index (χ1v) is 11.1. The fourth-order valence-corrected chi connectivity index (χ4v) is 4.32. The molecule has 0 aromatic heterocycles. The molecule has 3 rings (SSSR count). The van der Waals surface area contributed by atoms with Gasteiger partial charge in [0.2, 0.25) is 5.91 Å². The van der Waals surface area contributed by atoms with Crippen LogP contribution in [0.1, 0.15) is 30.9 Å². The molecule has 1 N–H and O–H groups in total. The molecular formula is C22H27N3O4S. The molecule has 1 amide bonds. The van der Waals surface area contributed by atoms with Gasteiger partial charge in [-0.2, -0.15) is 0 Å². The smallest absolute Gasteiger partial charge is 0.269 e. The molecule has 1 aliphatic heterocycles. The highest BCUT2D eigenvalue weighted by molar-refractivity contribution is 8.00. The summed E-state index contributed by atoms with van der Waals surface area (Å²) < 4.78 is 5.26. The van der Waals surface area contributed by atoms with Crippen LogP contribution in [0.5, 0.6) is 5.75 Å². The molecule has 1 atom stereocenters. The second kappa shape index (κ2) is 11.0. The fraction of sp³-hybridized carbons (Fsp3) is 0.409. The number of likely N-dealkylation sites (tertiary alicyclic amines) is 1. The number of nitrogens with one attached hydrogen (secondary N) is 1. The van der Waals surface area contributed by atoms with Crippen LogP contribution >= 0.6 is 11.8 Å². The van der Waals surface area contributed by atoms with Crippen LogP contribution in [0.15, 0.2) is 53.4 Å². The molecule has 160 valence electrons. The monoisotopic (exact) mass is 429 g/mol. The van der Waals surface area contributed by atoms with Crippen LogP contribution in [0.4, 0.5) is 5.69 Å². The molecule has 0 bridgehead atoms. The van der Waals surface area contributed by atoms with Crippen molar-refractivity contribution < 1.29 is 14.5 Å². The molecule has 0 radical (unpaired) electrons. The molecule has 8 heteroatoms. The molecule has 1 fully saturated rings. The summed E-state index contributed by atoms with van der Waals surface area (Å²) in [6, 6.07) is 14.4. The summed E-state index contributed by atoms with van der Waals surface area (Å²) in [6.07, 6.45) is 3.61. The lowest BCUT2D eigenvalue weighted by molar-refractivity contribution is -0.384. The number of methoxy groups -OCH3 is 1. The number of thioether (sulfide) groups is 1. The average Bonchev–Trinajstić information content (AvgIpc) is 2.79. The number of ether oxygens (including phenoxy) is 1. The number of nitro groups is 1. The van der Waals surface area contributed by atoms with Crippen molar-refractivity contribution in [1.82, 2.24) is 10.2 Å². The maximum Gasteiger partial charge on any atom is 0.269 e. The molecule has 1 heterocycles. The van der Waals surface area contributed by atoms with Gasteiger partial charge in [0.15, 0.2) is 0 Å². The van der Waals surface area contributed by atoms with E-state index in [1.54, 1.807) is 19.2 Å². The third-order valence-electron chi connectivity index (χ3n) is 5.24. The van der Waals surface area contributed by atoms with Gasteiger partial charge in [0.1, 0.15) is 5.75 Å². The lowest BCUT2D eigenvalue weighted by Gasteiger charge is -2.35. The van der Waals surface area contributed by atoms with Gasteiger partial charge in [0, 0.05) is 23.6 Å². The van der Waals surface area contributed by atoms with Gasteiger partial charge in [-0.05, 0) is 55.8 Å². The summed E-state index contributed by atoms with van der Waals surface area (Å²) in [5, 5.41) is 13.8. The molecule has 0 saturated carbocycles. The average molecular weight is 430 g/mol. The van der Waals surface area contributed by atoms with Crippen molar-refractivity contribution in [2.24, 2.45) is 0 Å². The van der Waals surface area contributed by atoms with Crippen molar-refractivity contribution in [1.29, 1.82) is 0 Å². The van der Waals surface area contributed by atoms with Crippen molar-refractivity contribution in [2.45, 2.75) is 30.2 Å². The van der Waals surface area contributed by atoms with Gasteiger partial charge in [-0.1, -0.05) is 18.6 Å². The molecule has 0 aliphatic carbocycles. The Morgan fingerprint density at radius 2 is 1.80 bits per heavy atom. The summed E-state index contributed by atoms with van der Waals surface area (Å²) in [7, 11) is 1.65. The molecule has 30 heavy (non-hydrogen) atoms. The molecule has 1 saturated heterocycles. The Morgan fingerprint density at radius 1 is 1.13 bits per heavy atom. The minimum atomic E-state index is -0.430. The summed E-state index contributed by atoms with van der Waals surface area (Å²) in [5.41, 5.74) is 1.22. The Kier molecular flexibility index (Phi) is 8.10. The zero-order chi connectivity index (χ0) is 21.3. The molecule has 1 aliphatic rings. The predicted octanol–water partition coefficient (Wildman–Crippen LogP) is 4.04. The lowest BCUT2D eigenvalue weighted by atomic mass is 10.0. The van der Waals surface area contributed by atoms with Crippen LogP contribution in [0, 0.1) is 10.1 Å².